The molecule has 0 radical (unpaired) electrons. The summed E-state index contributed by atoms with van der Waals surface area (Å²) in [7, 11) is 1.55. The number of methoxy groups -OCH3 is 1. The molecule has 0 spiro atoms. The molecule has 0 aromatic heterocycles. The molecule has 1 atom stereocenters. The van der Waals surface area contributed by atoms with Crippen molar-refractivity contribution in [1.29, 1.82) is 0 Å². The molecule has 0 aliphatic carbocycles. The van der Waals surface area contributed by atoms with Crippen molar-refractivity contribution in [3.8, 4) is 28.7 Å². The molecule has 0 fully saturated rings. The van der Waals surface area contributed by atoms with E-state index >= 15 is 0 Å². The monoisotopic (exact) mass is 320 g/mol. The summed E-state index contributed by atoms with van der Waals surface area (Å²) in [6, 6.07) is 6.33. The van der Waals surface area contributed by atoms with Crippen molar-refractivity contribution < 1.29 is 24.8 Å². The van der Waals surface area contributed by atoms with Crippen LogP contribution in [0.15, 0.2) is 29.2 Å². The number of fused-ring (bicyclic) bond motifs is 1. The molecule has 0 saturated carbocycles. The number of hydrogen-bond acceptors (Lipinski definition) is 6. The topological polar surface area (TPSA) is 79.2 Å². The third kappa shape index (κ3) is 2.39. The minimum absolute atomic E-state index is 0.168. The summed E-state index contributed by atoms with van der Waals surface area (Å²) >= 11 is 1.47. The van der Waals surface area contributed by atoms with Gasteiger partial charge >= 0.3 is 0 Å². The zero-order valence-corrected chi connectivity index (χ0v) is 13.0. The molecule has 0 amide bonds. The first-order valence-corrected chi connectivity index (χ1v) is 7.71. The van der Waals surface area contributed by atoms with E-state index in [9.17, 15) is 15.3 Å². The minimum Gasteiger partial charge on any atom is -0.506 e. The van der Waals surface area contributed by atoms with Crippen molar-refractivity contribution in [2.24, 2.45) is 0 Å². The highest BCUT2D eigenvalue weighted by atomic mass is 32.2. The average Bonchev–Trinajstić information content (AvgIpc) is 2.53. The Kier molecular flexibility index (Phi) is 3.70. The van der Waals surface area contributed by atoms with E-state index in [0.717, 1.165) is 11.1 Å². The van der Waals surface area contributed by atoms with E-state index in [4.69, 9.17) is 9.47 Å². The molecule has 0 bridgehead atoms. The van der Waals surface area contributed by atoms with Gasteiger partial charge in [-0.2, -0.15) is 0 Å². The van der Waals surface area contributed by atoms with Crippen LogP contribution >= 0.6 is 11.8 Å². The van der Waals surface area contributed by atoms with Gasteiger partial charge in [0.25, 0.3) is 0 Å². The number of thioether (sulfide) groups is 1. The Morgan fingerprint density at radius 2 is 1.95 bits per heavy atom. The number of phenolic OH excluding ortho intramolecular Hbond substituents is 3. The van der Waals surface area contributed by atoms with Gasteiger partial charge in [-0.05, 0) is 36.2 Å². The highest BCUT2D eigenvalue weighted by Gasteiger charge is 2.28. The lowest BCUT2D eigenvalue weighted by Crippen LogP contribution is -2.15. The largest absolute Gasteiger partial charge is 0.506 e. The van der Waals surface area contributed by atoms with E-state index in [-0.39, 0.29) is 23.4 Å². The lowest BCUT2D eigenvalue weighted by molar-refractivity contribution is 0.206. The first kappa shape index (κ1) is 14.7. The molecule has 1 aliphatic rings. The van der Waals surface area contributed by atoms with Crippen LogP contribution in [-0.2, 0) is 0 Å². The Labute approximate surface area is 132 Å². The van der Waals surface area contributed by atoms with Gasteiger partial charge in [0.15, 0.2) is 23.0 Å². The third-order valence-electron chi connectivity index (χ3n) is 3.60. The number of hydrogen-bond donors (Lipinski definition) is 3. The van der Waals surface area contributed by atoms with Crippen LogP contribution in [-0.4, -0.2) is 28.2 Å². The number of phenols is 3. The van der Waals surface area contributed by atoms with Crippen LogP contribution in [0, 0.1) is 6.92 Å². The molecule has 2 aromatic rings. The summed E-state index contributed by atoms with van der Waals surface area (Å²) in [4.78, 5) is 0.663. The highest BCUT2D eigenvalue weighted by molar-refractivity contribution is 7.99. The molecule has 3 N–H and O–H groups in total. The van der Waals surface area contributed by atoms with Crippen LogP contribution < -0.4 is 9.47 Å². The van der Waals surface area contributed by atoms with Crippen LogP contribution in [0.1, 0.15) is 17.2 Å². The van der Waals surface area contributed by atoms with Crippen molar-refractivity contribution in [3.63, 3.8) is 0 Å². The molecule has 0 saturated heterocycles. The lowest BCUT2D eigenvalue weighted by atomic mass is 10.1. The van der Waals surface area contributed by atoms with E-state index in [1.807, 2.05) is 6.92 Å². The lowest BCUT2D eigenvalue weighted by Gasteiger charge is -2.28. The first-order chi connectivity index (χ1) is 10.5. The summed E-state index contributed by atoms with van der Waals surface area (Å²) in [6.07, 6.45) is -0.306. The van der Waals surface area contributed by atoms with Crippen LogP contribution in [0.5, 0.6) is 28.7 Å². The Morgan fingerprint density at radius 3 is 2.64 bits per heavy atom. The second-order valence-corrected chi connectivity index (χ2v) is 6.10. The second-order valence-electron chi connectivity index (χ2n) is 5.07. The molecule has 1 unspecified atom stereocenters. The Morgan fingerprint density at radius 1 is 1.18 bits per heavy atom. The van der Waals surface area contributed by atoms with Crippen LogP contribution in [0.25, 0.3) is 0 Å². The van der Waals surface area contributed by atoms with Gasteiger partial charge in [0.2, 0.25) is 0 Å². The zero-order chi connectivity index (χ0) is 15.9. The van der Waals surface area contributed by atoms with Crippen molar-refractivity contribution in [3.05, 3.63) is 35.4 Å². The molecule has 3 rings (SSSR count). The summed E-state index contributed by atoms with van der Waals surface area (Å²) in [6.45, 7) is 1.81. The van der Waals surface area contributed by atoms with Gasteiger partial charge in [-0.3, -0.25) is 0 Å². The number of benzene rings is 2. The Balaban J connectivity index is 1.99. The molecule has 6 heteroatoms. The molecule has 116 valence electrons. The predicted octanol–water partition coefficient (Wildman–Crippen LogP) is 3.35. The third-order valence-corrected chi connectivity index (χ3v) is 4.73. The summed E-state index contributed by atoms with van der Waals surface area (Å²) < 4.78 is 11.3. The molecule has 22 heavy (non-hydrogen) atoms. The van der Waals surface area contributed by atoms with E-state index in [0.29, 0.717) is 22.1 Å². The minimum atomic E-state index is -0.306. The van der Waals surface area contributed by atoms with Gasteiger partial charge in [0.1, 0.15) is 11.9 Å². The van der Waals surface area contributed by atoms with E-state index in [2.05, 4.69) is 0 Å². The fourth-order valence-electron chi connectivity index (χ4n) is 2.37. The summed E-state index contributed by atoms with van der Waals surface area (Å²) in [5, 5.41) is 29.2. The molecular formula is C16H16O5S. The van der Waals surface area contributed by atoms with Crippen LogP contribution in [0.4, 0.5) is 0 Å². The fourth-order valence-corrected chi connectivity index (χ4v) is 3.52. The maximum atomic E-state index is 10.2. The van der Waals surface area contributed by atoms with E-state index in [1.54, 1.807) is 19.2 Å². The quantitative estimate of drug-likeness (QED) is 0.737. The molecule has 1 aliphatic heterocycles. The first-order valence-electron chi connectivity index (χ1n) is 6.73. The number of aromatic hydroxyl groups is 3. The number of aryl methyl sites for hydroxylation is 1. The Hall–Kier alpha value is -2.21. The maximum absolute atomic E-state index is 10.2. The van der Waals surface area contributed by atoms with Gasteiger partial charge in [-0.15, -0.1) is 11.8 Å². The Bertz CT molecular complexity index is 729. The molecule has 5 nitrogen and oxygen atoms in total. The van der Waals surface area contributed by atoms with Gasteiger partial charge < -0.3 is 24.8 Å². The molecular weight excluding hydrogens is 304 g/mol. The molecule has 2 aromatic carbocycles. The van der Waals surface area contributed by atoms with Crippen molar-refractivity contribution in [2.75, 3.05) is 12.9 Å². The second kappa shape index (κ2) is 5.53. The SMILES string of the molecule is COc1cc(C)c(O)c2c1OC(c1ccc(O)c(O)c1)CS2. The van der Waals surface area contributed by atoms with Crippen molar-refractivity contribution >= 4 is 11.8 Å². The smallest absolute Gasteiger partial charge is 0.179 e. The summed E-state index contributed by atoms with van der Waals surface area (Å²) in [5.74, 6) is 1.49. The number of rotatable bonds is 2. The normalized spacial score (nSPS) is 16.7. The molecule has 1 heterocycles. The van der Waals surface area contributed by atoms with Gasteiger partial charge in [0.05, 0.1) is 12.0 Å². The highest BCUT2D eigenvalue weighted by Crippen LogP contribution is 2.51. The van der Waals surface area contributed by atoms with Crippen LogP contribution in [0.3, 0.4) is 0 Å². The van der Waals surface area contributed by atoms with Gasteiger partial charge in [-0.1, -0.05) is 6.07 Å². The fraction of sp³-hybridized carbons (Fsp3) is 0.250. The predicted molar refractivity (Wildman–Crippen MR) is 83.3 cm³/mol. The zero-order valence-electron chi connectivity index (χ0n) is 12.2. The van der Waals surface area contributed by atoms with E-state index < -0.39 is 0 Å². The van der Waals surface area contributed by atoms with Crippen molar-refractivity contribution in [2.45, 2.75) is 17.9 Å². The van der Waals surface area contributed by atoms with E-state index in [1.165, 1.54) is 23.9 Å². The summed E-state index contributed by atoms with van der Waals surface area (Å²) in [5.41, 5.74) is 1.47. The average molecular weight is 320 g/mol. The van der Waals surface area contributed by atoms with Crippen LogP contribution in [0.2, 0.25) is 0 Å². The van der Waals surface area contributed by atoms with Gasteiger partial charge in [-0.25, -0.2) is 0 Å². The number of ether oxygens (including phenoxy) is 2. The maximum Gasteiger partial charge on any atom is 0.179 e. The standard InChI is InChI=1S/C16H16O5S/c1-8-5-12(20-2)15-16(14(8)19)22-7-13(21-15)9-3-4-10(17)11(18)6-9/h3-6,13,17-19H,7H2,1-2H3. The van der Waals surface area contributed by atoms with Crippen molar-refractivity contribution in [1.82, 2.24) is 0 Å². The van der Waals surface area contributed by atoms with Gasteiger partial charge in [0, 0.05) is 5.75 Å².